The van der Waals surface area contributed by atoms with Crippen molar-refractivity contribution in [2.45, 2.75) is 25.8 Å². The van der Waals surface area contributed by atoms with Crippen molar-refractivity contribution in [1.82, 2.24) is 4.98 Å². The van der Waals surface area contributed by atoms with Gasteiger partial charge in [0, 0.05) is 17.1 Å². The number of hydrogen-bond donors (Lipinski definition) is 2. The van der Waals surface area contributed by atoms with Crippen LogP contribution in [-0.4, -0.2) is 17.3 Å². The summed E-state index contributed by atoms with van der Waals surface area (Å²) in [7, 11) is 0. The van der Waals surface area contributed by atoms with Crippen molar-refractivity contribution in [3.8, 4) is 0 Å². The second-order valence-electron chi connectivity index (χ2n) is 4.01. The molecule has 0 saturated carbocycles. The Bertz CT molecular complexity index is 502. The number of carbonyl (C=O) groups excluding carboxylic acids is 1. The number of aldehydes is 1. The summed E-state index contributed by atoms with van der Waals surface area (Å²) in [5, 5.41) is 1.18. The van der Waals surface area contributed by atoms with Crippen LogP contribution in [0.1, 0.15) is 18.1 Å². The monoisotopic (exact) mass is 216 g/mol. The van der Waals surface area contributed by atoms with Crippen LogP contribution < -0.4 is 5.73 Å². The van der Waals surface area contributed by atoms with Crippen molar-refractivity contribution in [3.63, 3.8) is 0 Å². The number of aromatic nitrogens is 1. The maximum atomic E-state index is 10.6. The number of H-pyrrole nitrogens is 1. The van der Waals surface area contributed by atoms with Crippen LogP contribution in [0.2, 0.25) is 0 Å². The summed E-state index contributed by atoms with van der Waals surface area (Å²) in [6, 6.07) is 5.81. The Morgan fingerprint density at radius 1 is 1.44 bits per heavy atom. The fraction of sp³-hybridized carbons (Fsp3) is 0.308. The van der Waals surface area contributed by atoms with Crippen molar-refractivity contribution in [2.75, 3.05) is 0 Å². The lowest BCUT2D eigenvalue weighted by Gasteiger charge is -2.03. The summed E-state index contributed by atoms with van der Waals surface area (Å²) >= 11 is 0. The predicted molar refractivity (Wildman–Crippen MR) is 65.4 cm³/mol. The lowest BCUT2D eigenvalue weighted by Crippen LogP contribution is -2.23. The molecule has 0 spiro atoms. The molecule has 0 aliphatic carbocycles. The maximum Gasteiger partial charge on any atom is 0.137 e. The number of nitrogens with one attached hydrogen (secondary N) is 1. The highest BCUT2D eigenvalue weighted by Gasteiger charge is 2.09. The quantitative estimate of drug-likeness (QED) is 0.766. The molecule has 3 nitrogen and oxygen atoms in total. The second-order valence-corrected chi connectivity index (χ2v) is 4.01. The van der Waals surface area contributed by atoms with Crippen molar-refractivity contribution < 1.29 is 4.79 Å². The number of aryl methyl sites for hydroxylation is 1. The van der Waals surface area contributed by atoms with Crippen molar-refractivity contribution in [3.05, 3.63) is 35.5 Å². The molecule has 0 fully saturated rings. The first kappa shape index (κ1) is 10.9. The third kappa shape index (κ3) is 1.86. The molecule has 1 atom stereocenters. The molecule has 1 aromatic heterocycles. The zero-order valence-corrected chi connectivity index (χ0v) is 9.36. The Balaban J connectivity index is 2.44. The zero-order chi connectivity index (χ0) is 11.5. The number of para-hydroxylation sites is 1. The number of fused-ring (bicyclic) bond motifs is 1. The van der Waals surface area contributed by atoms with Crippen molar-refractivity contribution in [2.24, 2.45) is 5.73 Å². The van der Waals surface area contributed by atoms with E-state index < -0.39 is 6.04 Å². The molecule has 0 aliphatic heterocycles. The molecule has 3 N–H and O–H groups in total. The Hall–Kier alpha value is -1.61. The van der Waals surface area contributed by atoms with E-state index in [4.69, 9.17) is 5.73 Å². The van der Waals surface area contributed by atoms with Gasteiger partial charge in [-0.1, -0.05) is 25.1 Å². The summed E-state index contributed by atoms with van der Waals surface area (Å²) in [5.74, 6) is 0. The molecule has 3 heteroatoms. The SMILES string of the molecule is CCc1cccc2c(C[C@H](N)C=O)c[nH]c12. The first-order valence-electron chi connectivity index (χ1n) is 5.55. The van der Waals surface area contributed by atoms with Gasteiger partial charge in [0.15, 0.2) is 0 Å². The number of aromatic amines is 1. The summed E-state index contributed by atoms with van der Waals surface area (Å²) < 4.78 is 0. The van der Waals surface area contributed by atoms with E-state index in [0.717, 1.165) is 23.8 Å². The standard InChI is InChI=1S/C13H16N2O/c1-2-9-4-3-5-12-10(6-11(14)8-16)7-15-13(9)12/h3-5,7-8,11,15H,2,6,14H2,1H3/t11-/m0/s1. The number of nitrogens with two attached hydrogens (primary N) is 1. The fourth-order valence-corrected chi connectivity index (χ4v) is 2.04. The average molecular weight is 216 g/mol. The van der Waals surface area contributed by atoms with Gasteiger partial charge >= 0.3 is 0 Å². The lowest BCUT2D eigenvalue weighted by molar-refractivity contribution is -0.108. The Labute approximate surface area is 94.6 Å². The van der Waals surface area contributed by atoms with E-state index in [1.54, 1.807) is 0 Å². The molecule has 84 valence electrons. The largest absolute Gasteiger partial charge is 0.361 e. The van der Waals surface area contributed by atoms with Gasteiger partial charge in [0.25, 0.3) is 0 Å². The lowest BCUT2D eigenvalue weighted by atomic mass is 10.0. The van der Waals surface area contributed by atoms with Crippen LogP contribution in [0.5, 0.6) is 0 Å². The molecule has 0 saturated heterocycles. The molecule has 1 aromatic carbocycles. The van der Waals surface area contributed by atoms with E-state index >= 15 is 0 Å². The van der Waals surface area contributed by atoms with Gasteiger partial charge in [-0.25, -0.2) is 0 Å². The first-order chi connectivity index (χ1) is 7.76. The van der Waals surface area contributed by atoms with Gasteiger partial charge in [0.2, 0.25) is 0 Å². The van der Waals surface area contributed by atoms with Crippen molar-refractivity contribution in [1.29, 1.82) is 0 Å². The number of rotatable bonds is 4. The summed E-state index contributed by atoms with van der Waals surface area (Å²) in [6.07, 6.45) is 4.34. The molecule has 0 radical (unpaired) electrons. The van der Waals surface area contributed by atoms with E-state index in [1.165, 1.54) is 10.9 Å². The molecular formula is C13H16N2O. The predicted octanol–water partition coefficient (Wildman–Crippen LogP) is 1.80. The molecule has 1 heterocycles. The number of carbonyl (C=O) groups is 1. The maximum absolute atomic E-state index is 10.6. The fourth-order valence-electron chi connectivity index (χ4n) is 2.04. The molecule has 0 unspecified atom stereocenters. The molecular weight excluding hydrogens is 200 g/mol. The Kier molecular flexibility index (Phi) is 3.06. The van der Waals surface area contributed by atoms with Crippen LogP contribution in [-0.2, 0) is 17.6 Å². The van der Waals surface area contributed by atoms with Crippen LogP contribution in [0.15, 0.2) is 24.4 Å². The van der Waals surface area contributed by atoms with Crippen LogP contribution in [0, 0.1) is 0 Å². The molecule has 0 bridgehead atoms. The minimum Gasteiger partial charge on any atom is -0.361 e. The molecule has 2 rings (SSSR count). The highest BCUT2D eigenvalue weighted by molar-refractivity contribution is 5.86. The normalized spacial score (nSPS) is 12.9. The van der Waals surface area contributed by atoms with Gasteiger partial charge in [0.05, 0.1) is 6.04 Å². The zero-order valence-electron chi connectivity index (χ0n) is 9.36. The van der Waals surface area contributed by atoms with Crippen LogP contribution in [0.4, 0.5) is 0 Å². The smallest absolute Gasteiger partial charge is 0.137 e. The number of hydrogen-bond acceptors (Lipinski definition) is 2. The highest BCUT2D eigenvalue weighted by Crippen LogP contribution is 2.22. The topological polar surface area (TPSA) is 58.9 Å². The Morgan fingerprint density at radius 2 is 2.25 bits per heavy atom. The summed E-state index contributed by atoms with van der Waals surface area (Å²) in [6.45, 7) is 2.13. The molecule has 0 amide bonds. The Morgan fingerprint density at radius 3 is 2.94 bits per heavy atom. The van der Waals surface area contributed by atoms with Crippen LogP contribution >= 0.6 is 0 Å². The van der Waals surface area contributed by atoms with E-state index in [2.05, 4.69) is 24.0 Å². The summed E-state index contributed by atoms with van der Waals surface area (Å²) in [5.41, 5.74) is 9.22. The molecule has 0 aliphatic rings. The minimum absolute atomic E-state index is 0.413. The van der Waals surface area contributed by atoms with Gasteiger partial charge in [-0.3, -0.25) is 0 Å². The number of benzene rings is 1. The van der Waals surface area contributed by atoms with Gasteiger partial charge in [-0.05, 0) is 24.0 Å². The minimum atomic E-state index is -0.413. The third-order valence-electron chi connectivity index (χ3n) is 2.90. The van der Waals surface area contributed by atoms with E-state index in [1.807, 2.05) is 12.3 Å². The van der Waals surface area contributed by atoms with E-state index in [9.17, 15) is 4.79 Å². The van der Waals surface area contributed by atoms with Gasteiger partial charge in [0.1, 0.15) is 6.29 Å². The average Bonchev–Trinajstić information content (AvgIpc) is 2.72. The van der Waals surface area contributed by atoms with Crippen LogP contribution in [0.3, 0.4) is 0 Å². The van der Waals surface area contributed by atoms with Crippen molar-refractivity contribution >= 4 is 17.2 Å². The summed E-state index contributed by atoms with van der Waals surface area (Å²) in [4.78, 5) is 13.8. The first-order valence-corrected chi connectivity index (χ1v) is 5.55. The molecule has 2 aromatic rings. The third-order valence-corrected chi connectivity index (χ3v) is 2.90. The van der Waals surface area contributed by atoms with E-state index in [0.29, 0.717) is 6.42 Å². The highest BCUT2D eigenvalue weighted by atomic mass is 16.1. The van der Waals surface area contributed by atoms with Gasteiger partial charge in [-0.15, -0.1) is 0 Å². The van der Waals surface area contributed by atoms with E-state index in [-0.39, 0.29) is 0 Å². The van der Waals surface area contributed by atoms with Gasteiger partial charge in [-0.2, -0.15) is 0 Å². The molecule has 16 heavy (non-hydrogen) atoms. The van der Waals surface area contributed by atoms with Crippen LogP contribution in [0.25, 0.3) is 10.9 Å². The van der Waals surface area contributed by atoms with Gasteiger partial charge < -0.3 is 15.5 Å². The second kappa shape index (κ2) is 4.49.